The number of carboxylic acids is 1. The zero-order valence-electron chi connectivity index (χ0n) is 18.6. The van der Waals surface area contributed by atoms with Crippen LogP contribution in [0.15, 0.2) is 54.7 Å². The van der Waals surface area contributed by atoms with Crippen LogP contribution in [0, 0.1) is 19.8 Å². The van der Waals surface area contributed by atoms with Crippen LogP contribution in [0.4, 0.5) is 5.95 Å². The normalized spacial score (nSPS) is 14.4. The van der Waals surface area contributed by atoms with E-state index in [0.717, 1.165) is 37.9 Å². The minimum Gasteiger partial charge on any atom is -0.487 e. The Morgan fingerprint density at radius 1 is 1.09 bits per heavy atom. The molecule has 166 valence electrons. The highest BCUT2D eigenvalue weighted by Gasteiger charge is 2.23. The maximum atomic E-state index is 11.7. The van der Waals surface area contributed by atoms with Gasteiger partial charge in [-0.2, -0.15) is 0 Å². The predicted octanol–water partition coefficient (Wildman–Crippen LogP) is 4.83. The van der Waals surface area contributed by atoms with E-state index < -0.39 is 5.97 Å². The van der Waals surface area contributed by atoms with Crippen molar-refractivity contribution in [2.24, 2.45) is 5.92 Å². The van der Waals surface area contributed by atoms with Gasteiger partial charge in [0.05, 0.1) is 5.69 Å². The first-order valence-electron chi connectivity index (χ1n) is 11.1. The maximum absolute atomic E-state index is 11.7. The Kier molecular flexibility index (Phi) is 6.69. The summed E-state index contributed by atoms with van der Waals surface area (Å²) in [5.41, 5.74) is 4.16. The van der Waals surface area contributed by atoms with Crippen molar-refractivity contribution in [3.8, 4) is 5.75 Å². The summed E-state index contributed by atoms with van der Waals surface area (Å²) >= 11 is 0. The molecule has 0 amide bonds. The second-order valence-corrected chi connectivity index (χ2v) is 8.49. The van der Waals surface area contributed by atoms with Gasteiger partial charge in [-0.3, -0.25) is 0 Å². The van der Waals surface area contributed by atoms with Crippen LogP contribution < -0.4 is 9.64 Å². The van der Waals surface area contributed by atoms with Crippen LogP contribution in [-0.2, 0) is 13.0 Å². The molecule has 1 saturated heterocycles. The second kappa shape index (κ2) is 9.81. The number of hydrogen-bond donors (Lipinski definition) is 1. The lowest BCUT2D eigenvalue weighted by molar-refractivity contribution is 0.0692. The van der Waals surface area contributed by atoms with E-state index in [9.17, 15) is 9.90 Å². The molecule has 0 saturated carbocycles. The summed E-state index contributed by atoms with van der Waals surface area (Å²) < 4.78 is 5.87. The van der Waals surface area contributed by atoms with Gasteiger partial charge in [-0.1, -0.05) is 36.4 Å². The van der Waals surface area contributed by atoms with Crippen LogP contribution >= 0.6 is 0 Å². The molecule has 2 heterocycles. The summed E-state index contributed by atoms with van der Waals surface area (Å²) in [6.07, 6.45) is 4.61. The topological polar surface area (TPSA) is 75.5 Å². The van der Waals surface area contributed by atoms with Crippen molar-refractivity contribution in [2.45, 2.75) is 39.7 Å². The van der Waals surface area contributed by atoms with Crippen LogP contribution in [0.2, 0.25) is 0 Å². The van der Waals surface area contributed by atoms with Gasteiger partial charge in [0.2, 0.25) is 5.95 Å². The highest BCUT2D eigenvalue weighted by atomic mass is 16.5. The third kappa shape index (κ3) is 5.25. The van der Waals surface area contributed by atoms with E-state index in [2.05, 4.69) is 39.1 Å². The lowest BCUT2D eigenvalue weighted by Crippen LogP contribution is -2.35. The number of benzene rings is 2. The SMILES string of the molecule is Cc1ccc(OCc2nc(N3CCC(Cc4ccccc4)CC3)ncc2C(=O)O)cc1C. The highest BCUT2D eigenvalue weighted by molar-refractivity contribution is 5.88. The molecule has 0 bridgehead atoms. The summed E-state index contributed by atoms with van der Waals surface area (Å²) in [5, 5.41) is 9.57. The molecule has 4 rings (SSSR count). The van der Waals surface area contributed by atoms with E-state index in [1.54, 1.807) is 0 Å². The summed E-state index contributed by atoms with van der Waals surface area (Å²) in [5.74, 6) is 0.870. The number of ether oxygens (including phenoxy) is 1. The predicted molar refractivity (Wildman–Crippen MR) is 124 cm³/mol. The first kappa shape index (κ1) is 21.8. The van der Waals surface area contributed by atoms with Gasteiger partial charge in [0, 0.05) is 19.3 Å². The Hall–Kier alpha value is -3.41. The molecular formula is C26H29N3O3. The molecule has 2 aromatic carbocycles. The van der Waals surface area contributed by atoms with Crippen molar-refractivity contribution in [3.05, 3.63) is 82.7 Å². The fourth-order valence-electron chi connectivity index (χ4n) is 4.09. The number of anilines is 1. The van der Waals surface area contributed by atoms with Crippen LogP contribution in [0.3, 0.4) is 0 Å². The van der Waals surface area contributed by atoms with Crippen molar-refractivity contribution < 1.29 is 14.6 Å². The third-order valence-electron chi connectivity index (χ3n) is 6.20. The van der Waals surface area contributed by atoms with Gasteiger partial charge in [0.1, 0.15) is 17.9 Å². The average molecular weight is 432 g/mol. The molecule has 1 N–H and O–H groups in total. The molecule has 0 atom stereocenters. The Bertz CT molecular complexity index is 1080. The molecular weight excluding hydrogens is 402 g/mol. The Morgan fingerprint density at radius 3 is 2.53 bits per heavy atom. The van der Waals surface area contributed by atoms with Crippen molar-refractivity contribution in [3.63, 3.8) is 0 Å². The summed E-state index contributed by atoms with van der Waals surface area (Å²) in [7, 11) is 0. The summed E-state index contributed by atoms with van der Waals surface area (Å²) in [6.45, 7) is 5.88. The lowest BCUT2D eigenvalue weighted by Gasteiger charge is -2.32. The van der Waals surface area contributed by atoms with E-state index in [-0.39, 0.29) is 12.2 Å². The number of carbonyl (C=O) groups is 1. The molecule has 3 aromatic rings. The van der Waals surface area contributed by atoms with Gasteiger partial charge in [0.15, 0.2) is 0 Å². The van der Waals surface area contributed by atoms with Crippen molar-refractivity contribution >= 4 is 11.9 Å². The van der Waals surface area contributed by atoms with Crippen LogP contribution in [-0.4, -0.2) is 34.1 Å². The fourth-order valence-corrected chi connectivity index (χ4v) is 4.09. The number of nitrogens with zero attached hydrogens (tertiary/aromatic N) is 3. The van der Waals surface area contributed by atoms with Gasteiger partial charge in [-0.25, -0.2) is 14.8 Å². The smallest absolute Gasteiger partial charge is 0.339 e. The molecule has 32 heavy (non-hydrogen) atoms. The van der Waals surface area contributed by atoms with E-state index in [1.807, 2.05) is 38.1 Å². The van der Waals surface area contributed by atoms with Crippen LogP contribution in [0.5, 0.6) is 5.75 Å². The highest BCUT2D eigenvalue weighted by Crippen LogP contribution is 2.25. The number of rotatable bonds is 7. The number of aromatic carboxylic acids is 1. The molecule has 0 radical (unpaired) electrons. The third-order valence-corrected chi connectivity index (χ3v) is 6.20. The van der Waals surface area contributed by atoms with Gasteiger partial charge in [0.25, 0.3) is 0 Å². The van der Waals surface area contributed by atoms with Crippen LogP contribution in [0.1, 0.15) is 45.6 Å². The minimum atomic E-state index is -1.04. The lowest BCUT2D eigenvalue weighted by atomic mass is 9.90. The van der Waals surface area contributed by atoms with E-state index in [4.69, 9.17) is 4.74 Å². The Labute approximate surface area is 188 Å². The fraction of sp³-hybridized carbons (Fsp3) is 0.346. The maximum Gasteiger partial charge on any atom is 0.339 e. The largest absolute Gasteiger partial charge is 0.487 e. The van der Waals surface area contributed by atoms with Crippen molar-refractivity contribution in [1.82, 2.24) is 9.97 Å². The first-order chi connectivity index (χ1) is 15.5. The van der Waals surface area contributed by atoms with E-state index in [1.165, 1.54) is 17.3 Å². The van der Waals surface area contributed by atoms with Gasteiger partial charge in [-0.15, -0.1) is 0 Å². The second-order valence-electron chi connectivity index (χ2n) is 8.49. The monoisotopic (exact) mass is 431 g/mol. The molecule has 1 fully saturated rings. The minimum absolute atomic E-state index is 0.0801. The number of carboxylic acid groups (broad SMARTS) is 1. The molecule has 0 aliphatic carbocycles. The van der Waals surface area contributed by atoms with Crippen molar-refractivity contribution in [2.75, 3.05) is 18.0 Å². The average Bonchev–Trinajstić information content (AvgIpc) is 2.81. The summed E-state index contributed by atoms with van der Waals surface area (Å²) in [4.78, 5) is 22.8. The Balaban J connectivity index is 1.43. The zero-order chi connectivity index (χ0) is 22.5. The number of piperidine rings is 1. The summed E-state index contributed by atoms with van der Waals surface area (Å²) in [6, 6.07) is 16.4. The van der Waals surface area contributed by atoms with Crippen LogP contribution in [0.25, 0.3) is 0 Å². The molecule has 6 nitrogen and oxygen atoms in total. The van der Waals surface area contributed by atoms with E-state index >= 15 is 0 Å². The molecule has 0 unspecified atom stereocenters. The Morgan fingerprint density at radius 2 is 1.84 bits per heavy atom. The standard InChI is InChI=1S/C26H29N3O3/c1-18-8-9-22(14-19(18)2)32-17-24-23(25(30)31)16-27-26(28-24)29-12-10-21(11-13-29)15-20-6-4-3-5-7-20/h3-9,14,16,21H,10-13,15,17H2,1-2H3,(H,30,31). The number of aryl methyl sites for hydroxylation is 2. The van der Waals surface area contributed by atoms with E-state index in [0.29, 0.717) is 23.3 Å². The quantitative estimate of drug-likeness (QED) is 0.577. The first-order valence-corrected chi connectivity index (χ1v) is 11.1. The van der Waals surface area contributed by atoms with Gasteiger partial charge < -0.3 is 14.7 Å². The zero-order valence-corrected chi connectivity index (χ0v) is 18.6. The molecule has 0 spiro atoms. The van der Waals surface area contributed by atoms with Gasteiger partial charge in [-0.05, 0) is 67.9 Å². The van der Waals surface area contributed by atoms with Gasteiger partial charge >= 0.3 is 5.97 Å². The molecule has 1 aliphatic rings. The van der Waals surface area contributed by atoms with Crippen molar-refractivity contribution in [1.29, 1.82) is 0 Å². The molecule has 6 heteroatoms. The molecule has 1 aliphatic heterocycles. The molecule has 1 aromatic heterocycles. The number of aromatic nitrogens is 2. The number of hydrogen-bond acceptors (Lipinski definition) is 5.